The number of carbonyl (C=O) groups is 2. The number of nitrogens with one attached hydrogen (secondary N) is 3. The molecular formula is C36H43Cl3N12O2. The topological polar surface area (TPSA) is 145 Å². The number of halogens is 3. The molecule has 53 heavy (non-hydrogen) atoms. The van der Waals surface area contributed by atoms with Crippen LogP contribution in [-0.2, 0) is 14.1 Å². The van der Waals surface area contributed by atoms with Gasteiger partial charge >= 0.3 is 11.4 Å². The number of aromatic nitrogens is 8. The van der Waals surface area contributed by atoms with E-state index in [9.17, 15) is 9.59 Å². The van der Waals surface area contributed by atoms with Crippen LogP contribution in [-0.4, -0.2) is 95.7 Å². The maximum atomic E-state index is 11.8. The fourth-order valence-corrected chi connectivity index (χ4v) is 7.53. The van der Waals surface area contributed by atoms with Crippen LogP contribution in [0.25, 0.3) is 33.2 Å². The summed E-state index contributed by atoms with van der Waals surface area (Å²) < 4.78 is 7.37. The SMILES string of the molecule is CNC(=O)Cl.CNC(=O)N1CCC(c2cc3c(cnn3-c3cnn(C)c3)cc2Cl)CC1.Cn1cc(-n2ncc3cc(Cl)c(C4CCNCC4)cc32)cn1. The molecule has 2 aromatic carbocycles. The van der Waals surface area contributed by atoms with Crippen molar-refractivity contribution in [3.8, 4) is 11.4 Å². The molecule has 2 aliphatic rings. The minimum atomic E-state index is -0.523. The van der Waals surface area contributed by atoms with Crippen LogP contribution in [0, 0.1) is 0 Å². The third-order valence-corrected chi connectivity index (χ3v) is 10.5. The molecule has 17 heteroatoms. The number of urea groups is 1. The van der Waals surface area contributed by atoms with Crippen LogP contribution in [0.4, 0.5) is 9.59 Å². The molecule has 0 bridgehead atoms. The minimum absolute atomic E-state index is 0.0142. The summed E-state index contributed by atoms with van der Waals surface area (Å²) in [7, 11) is 6.93. The van der Waals surface area contributed by atoms with Gasteiger partial charge in [0.25, 0.3) is 0 Å². The number of piperidine rings is 2. The first kappa shape index (κ1) is 38.1. The van der Waals surface area contributed by atoms with E-state index in [-0.39, 0.29) is 6.03 Å². The van der Waals surface area contributed by atoms with E-state index >= 15 is 0 Å². The summed E-state index contributed by atoms with van der Waals surface area (Å²) in [6.07, 6.45) is 15.3. The number of carbonyl (C=O) groups excluding carboxylic acids is 2. The fraction of sp³-hybridized carbons (Fsp3) is 0.389. The van der Waals surface area contributed by atoms with Gasteiger partial charge in [-0.05, 0) is 97.6 Å². The zero-order valence-corrected chi connectivity index (χ0v) is 32.3. The highest BCUT2D eigenvalue weighted by Gasteiger charge is 2.26. The Hall–Kier alpha value is -4.63. The molecule has 0 aliphatic carbocycles. The Morgan fingerprint density at radius 1 is 0.698 bits per heavy atom. The highest BCUT2D eigenvalue weighted by atomic mass is 35.5. The molecule has 0 atom stereocenters. The van der Waals surface area contributed by atoms with E-state index in [0.717, 1.165) is 101 Å². The lowest BCUT2D eigenvalue weighted by atomic mass is 9.89. The van der Waals surface area contributed by atoms with Crippen LogP contribution in [0.3, 0.4) is 0 Å². The number of hydrogen-bond acceptors (Lipinski definition) is 7. The van der Waals surface area contributed by atoms with Crippen molar-refractivity contribution in [2.45, 2.75) is 37.5 Å². The first-order valence-corrected chi connectivity index (χ1v) is 18.6. The maximum Gasteiger partial charge on any atom is 0.317 e. The number of hydrogen-bond donors (Lipinski definition) is 3. The van der Waals surface area contributed by atoms with Crippen molar-refractivity contribution in [1.29, 1.82) is 0 Å². The van der Waals surface area contributed by atoms with Crippen molar-refractivity contribution in [3.63, 3.8) is 0 Å². The third kappa shape index (κ3) is 8.78. The van der Waals surface area contributed by atoms with Gasteiger partial charge in [0, 0.05) is 62.1 Å². The van der Waals surface area contributed by atoms with Crippen LogP contribution in [0.2, 0.25) is 10.0 Å². The predicted molar refractivity (Wildman–Crippen MR) is 209 cm³/mol. The lowest BCUT2D eigenvalue weighted by Gasteiger charge is -2.32. The highest BCUT2D eigenvalue weighted by Crippen LogP contribution is 2.37. The van der Waals surface area contributed by atoms with E-state index < -0.39 is 5.37 Å². The van der Waals surface area contributed by atoms with E-state index in [1.54, 1.807) is 22.6 Å². The number of amides is 3. The number of benzene rings is 2. The summed E-state index contributed by atoms with van der Waals surface area (Å²) in [6.45, 7) is 3.59. The number of aryl methyl sites for hydroxylation is 2. The number of rotatable bonds is 4. The second-order valence-electron chi connectivity index (χ2n) is 13.1. The molecule has 2 aliphatic heterocycles. The van der Waals surface area contributed by atoms with Gasteiger partial charge in [0.05, 0.1) is 48.2 Å². The molecule has 0 radical (unpaired) electrons. The van der Waals surface area contributed by atoms with Gasteiger partial charge in [-0.2, -0.15) is 20.4 Å². The zero-order valence-electron chi connectivity index (χ0n) is 30.1. The standard InChI is InChI=1S/C18H21ClN6O.C16H18ClN5.C2H4ClNO/c1-20-18(26)24-5-3-12(4-6-24)15-8-17-13(7-16(15)19)9-22-25(17)14-10-21-23(2)11-14;1-21-10-13(9-19-21)22-16-7-14(11-2-4-18-5-3-11)15(17)6-12(16)8-20-22;1-4-2(3)5/h7-12H,3-6H2,1-2H3,(H,20,26);6-11,18H,2-5H2,1H3;1H3,(H,4,5). The molecule has 0 spiro atoms. The van der Waals surface area contributed by atoms with Crippen LogP contribution in [0.15, 0.2) is 61.4 Å². The van der Waals surface area contributed by atoms with Crippen LogP contribution >= 0.6 is 34.8 Å². The van der Waals surface area contributed by atoms with Crippen molar-refractivity contribution < 1.29 is 9.59 Å². The molecule has 2 fully saturated rings. The molecule has 3 amide bonds. The molecule has 8 rings (SSSR count). The molecule has 6 aromatic rings. The Morgan fingerprint density at radius 3 is 1.55 bits per heavy atom. The lowest BCUT2D eigenvalue weighted by molar-refractivity contribution is 0.183. The minimum Gasteiger partial charge on any atom is -0.346 e. The van der Waals surface area contributed by atoms with Gasteiger partial charge in [-0.25, -0.2) is 14.2 Å². The van der Waals surface area contributed by atoms with E-state index in [1.165, 1.54) is 12.6 Å². The van der Waals surface area contributed by atoms with Gasteiger partial charge in [-0.3, -0.25) is 14.2 Å². The molecule has 4 aromatic heterocycles. The van der Waals surface area contributed by atoms with E-state index in [4.69, 9.17) is 34.8 Å². The van der Waals surface area contributed by atoms with Crippen molar-refractivity contribution in [3.05, 3.63) is 82.6 Å². The smallest absolute Gasteiger partial charge is 0.317 e. The van der Waals surface area contributed by atoms with Gasteiger partial charge in [0.15, 0.2) is 0 Å². The van der Waals surface area contributed by atoms with E-state index in [2.05, 4.69) is 48.5 Å². The van der Waals surface area contributed by atoms with Crippen LogP contribution < -0.4 is 16.0 Å². The fourth-order valence-electron chi connectivity index (χ4n) is 6.88. The molecule has 3 N–H and O–H groups in total. The van der Waals surface area contributed by atoms with Crippen molar-refractivity contribution in [2.24, 2.45) is 14.1 Å². The molecule has 6 heterocycles. The first-order chi connectivity index (χ1) is 25.6. The normalized spacial score (nSPS) is 15.1. The van der Waals surface area contributed by atoms with Crippen molar-refractivity contribution >= 4 is 68.0 Å². The average Bonchev–Trinajstić information content (AvgIpc) is 3.98. The van der Waals surface area contributed by atoms with E-state index in [1.807, 2.05) is 71.5 Å². The average molecular weight is 782 g/mol. The number of fused-ring (bicyclic) bond motifs is 2. The number of likely N-dealkylation sites (tertiary alicyclic amines) is 1. The molecule has 280 valence electrons. The predicted octanol–water partition coefficient (Wildman–Crippen LogP) is 6.38. The van der Waals surface area contributed by atoms with Crippen molar-refractivity contribution in [2.75, 3.05) is 40.3 Å². The molecule has 0 unspecified atom stereocenters. The Morgan fingerprint density at radius 2 is 1.15 bits per heavy atom. The molecular weight excluding hydrogens is 739 g/mol. The van der Waals surface area contributed by atoms with Gasteiger partial charge < -0.3 is 20.9 Å². The largest absolute Gasteiger partial charge is 0.346 e. The quantitative estimate of drug-likeness (QED) is 0.139. The lowest BCUT2D eigenvalue weighted by Crippen LogP contribution is -2.42. The summed E-state index contributed by atoms with van der Waals surface area (Å²) in [5, 5.41) is 28.9. The Bertz CT molecular complexity index is 2190. The maximum absolute atomic E-state index is 11.8. The number of nitrogens with zero attached hydrogens (tertiary/aromatic N) is 9. The van der Waals surface area contributed by atoms with E-state index in [0.29, 0.717) is 11.8 Å². The van der Waals surface area contributed by atoms with Crippen LogP contribution in [0.1, 0.15) is 48.6 Å². The van der Waals surface area contributed by atoms with Gasteiger partial charge in [0.2, 0.25) is 0 Å². The van der Waals surface area contributed by atoms with Gasteiger partial charge in [-0.1, -0.05) is 23.2 Å². The summed E-state index contributed by atoms with van der Waals surface area (Å²) in [5.74, 6) is 0.862. The first-order valence-electron chi connectivity index (χ1n) is 17.4. The Labute approximate surface area is 322 Å². The summed E-state index contributed by atoms with van der Waals surface area (Å²) >= 11 is 17.8. The summed E-state index contributed by atoms with van der Waals surface area (Å²) in [5.41, 5.74) is 6.36. The second kappa shape index (κ2) is 17.0. The molecule has 14 nitrogen and oxygen atoms in total. The zero-order chi connectivity index (χ0) is 37.6. The Kier molecular flexibility index (Phi) is 12.2. The van der Waals surface area contributed by atoms with Gasteiger partial charge in [-0.15, -0.1) is 0 Å². The second-order valence-corrected chi connectivity index (χ2v) is 14.2. The molecule has 0 saturated carbocycles. The van der Waals surface area contributed by atoms with Crippen molar-refractivity contribution in [1.82, 2.24) is 60.0 Å². The summed E-state index contributed by atoms with van der Waals surface area (Å²) in [4.78, 5) is 23.1. The van der Waals surface area contributed by atoms with Gasteiger partial charge in [0.1, 0.15) is 11.4 Å². The highest BCUT2D eigenvalue weighted by molar-refractivity contribution is 6.62. The monoisotopic (exact) mass is 780 g/mol. The van der Waals surface area contributed by atoms with Crippen LogP contribution in [0.5, 0.6) is 0 Å². The Balaban J connectivity index is 0.000000163. The summed E-state index contributed by atoms with van der Waals surface area (Å²) in [6, 6.07) is 8.34. The third-order valence-electron chi connectivity index (χ3n) is 9.66. The molecule has 2 saturated heterocycles.